The van der Waals surface area contributed by atoms with Gasteiger partial charge in [-0.3, -0.25) is 9.36 Å². The van der Waals surface area contributed by atoms with Gasteiger partial charge in [-0.1, -0.05) is 12.1 Å². The number of carbonyl (C=O) groups is 1. The van der Waals surface area contributed by atoms with Crippen LogP contribution < -0.4 is 20.9 Å². The van der Waals surface area contributed by atoms with Gasteiger partial charge < -0.3 is 15.4 Å². The summed E-state index contributed by atoms with van der Waals surface area (Å²) < 4.78 is 6.93. The van der Waals surface area contributed by atoms with Gasteiger partial charge in [-0.25, -0.2) is 9.78 Å². The van der Waals surface area contributed by atoms with Crippen molar-refractivity contribution in [1.29, 1.82) is 0 Å². The maximum Gasteiger partial charge on any atom is 0.323 e. The number of carbonyl (C=O) groups excluding carboxylic acids is 1. The summed E-state index contributed by atoms with van der Waals surface area (Å²) in [5, 5.41) is 5.99. The standard InChI is InChI=1S/C19H18N4O3/c1-26-16-6-3-2-5-15(16)22-19(25)20-12-8-9-14-13(11-12)18(24)23-10-4-7-17(23)21-14/h2-3,5-6,8-9,11H,4,7,10H2,1H3,(H2,20,22,25). The van der Waals surface area contributed by atoms with Crippen LogP contribution in [-0.4, -0.2) is 22.7 Å². The summed E-state index contributed by atoms with van der Waals surface area (Å²) in [5.41, 5.74) is 1.69. The summed E-state index contributed by atoms with van der Waals surface area (Å²) in [7, 11) is 1.54. The van der Waals surface area contributed by atoms with Crippen LogP contribution >= 0.6 is 0 Å². The second-order valence-electron chi connectivity index (χ2n) is 6.10. The fraction of sp³-hybridized carbons (Fsp3) is 0.211. The lowest BCUT2D eigenvalue weighted by Gasteiger charge is -2.11. The monoisotopic (exact) mass is 350 g/mol. The fourth-order valence-corrected chi connectivity index (χ4v) is 3.19. The van der Waals surface area contributed by atoms with E-state index in [-0.39, 0.29) is 5.56 Å². The summed E-state index contributed by atoms with van der Waals surface area (Å²) in [6.45, 7) is 0.697. The molecule has 0 atom stereocenters. The van der Waals surface area contributed by atoms with E-state index in [2.05, 4.69) is 15.6 Å². The number of nitrogens with zero attached hydrogens (tertiary/aromatic N) is 2. The van der Waals surface area contributed by atoms with Gasteiger partial charge in [0.05, 0.1) is 23.7 Å². The molecule has 7 nitrogen and oxygen atoms in total. The quantitative estimate of drug-likeness (QED) is 0.760. The Hall–Kier alpha value is -3.35. The number of ether oxygens (including phenoxy) is 1. The van der Waals surface area contributed by atoms with Crippen molar-refractivity contribution < 1.29 is 9.53 Å². The van der Waals surface area contributed by atoms with Gasteiger partial charge in [0.25, 0.3) is 5.56 Å². The topological polar surface area (TPSA) is 85.2 Å². The highest BCUT2D eigenvalue weighted by Gasteiger charge is 2.16. The third kappa shape index (κ3) is 2.88. The molecule has 1 aromatic heterocycles. The van der Waals surface area contributed by atoms with Gasteiger partial charge in [0.15, 0.2) is 0 Å². The van der Waals surface area contributed by atoms with Gasteiger partial charge in [-0.15, -0.1) is 0 Å². The van der Waals surface area contributed by atoms with Crippen LogP contribution in [-0.2, 0) is 13.0 Å². The lowest BCUT2D eigenvalue weighted by Crippen LogP contribution is -2.22. The SMILES string of the molecule is COc1ccccc1NC(=O)Nc1ccc2nc3n(c(=O)c2c1)CCC3. The number of para-hydroxylation sites is 2. The molecular formula is C19H18N4O3. The van der Waals surface area contributed by atoms with Crippen molar-refractivity contribution >= 4 is 28.3 Å². The Bertz CT molecular complexity index is 1060. The summed E-state index contributed by atoms with van der Waals surface area (Å²) in [6, 6.07) is 11.9. The second-order valence-corrected chi connectivity index (χ2v) is 6.10. The van der Waals surface area contributed by atoms with Crippen LogP contribution in [0.1, 0.15) is 12.2 Å². The Balaban J connectivity index is 1.59. The van der Waals surface area contributed by atoms with E-state index in [4.69, 9.17) is 4.74 Å². The van der Waals surface area contributed by atoms with E-state index in [1.54, 1.807) is 48.1 Å². The molecule has 132 valence electrons. The highest BCUT2D eigenvalue weighted by Crippen LogP contribution is 2.23. The minimum Gasteiger partial charge on any atom is -0.495 e. The second kappa shape index (κ2) is 6.51. The number of urea groups is 1. The number of fused-ring (bicyclic) bond motifs is 2. The number of hydrogen-bond donors (Lipinski definition) is 2. The van der Waals surface area contributed by atoms with E-state index in [0.29, 0.717) is 34.6 Å². The summed E-state index contributed by atoms with van der Waals surface area (Å²) in [5.74, 6) is 1.40. The zero-order valence-corrected chi connectivity index (χ0v) is 14.3. The molecule has 0 saturated carbocycles. The third-order valence-corrected chi connectivity index (χ3v) is 4.43. The molecule has 4 rings (SSSR count). The maximum absolute atomic E-state index is 12.6. The van der Waals surface area contributed by atoms with Crippen molar-refractivity contribution in [1.82, 2.24) is 9.55 Å². The van der Waals surface area contributed by atoms with Gasteiger partial charge in [-0.2, -0.15) is 0 Å². The van der Waals surface area contributed by atoms with Crippen LogP contribution in [0.4, 0.5) is 16.2 Å². The van der Waals surface area contributed by atoms with Gasteiger partial charge in [0.2, 0.25) is 0 Å². The van der Waals surface area contributed by atoms with Crippen molar-refractivity contribution in [3.05, 3.63) is 58.6 Å². The van der Waals surface area contributed by atoms with Crippen LogP contribution in [0, 0.1) is 0 Å². The van der Waals surface area contributed by atoms with Crippen molar-refractivity contribution in [2.24, 2.45) is 0 Å². The molecule has 26 heavy (non-hydrogen) atoms. The largest absolute Gasteiger partial charge is 0.495 e. The predicted molar refractivity (Wildman–Crippen MR) is 100.0 cm³/mol. The average molecular weight is 350 g/mol. The molecule has 2 aromatic carbocycles. The molecule has 0 bridgehead atoms. The lowest BCUT2D eigenvalue weighted by molar-refractivity contribution is 0.262. The van der Waals surface area contributed by atoms with E-state index in [0.717, 1.165) is 18.7 Å². The van der Waals surface area contributed by atoms with E-state index < -0.39 is 6.03 Å². The normalized spacial score (nSPS) is 12.7. The van der Waals surface area contributed by atoms with Crippen LogP contribution in [0.25, 0.3) is 10.9 Å². The predicted octanol–water partition coefficient (Wildman–Crippen LogP) is 3.00. The Morgan fingerprint density at radius 3 is 2.88 bits per heavy atom. The maximum atomic E-state index is 12.6. The zero-order valence-electron chi connectivity index (χ0n) is 14.3. The molecule has 0 aliphatic carbocycles. The van der Waals surface area contributed by atoms with E-state index >= 15 is 0 Å². The number of nitrogens with one attached hydrogen (secondary N) is 2. The first kappa shape index (κ1) is 16.1. The van der Waals surface area contributed by atoms with Gasteiger partial charge in [0.1, 0.15) is 11.6 Å². The summed E-state index contributed by atoms with van der Waals surface area (Å²) >= 11 is 0. The molecule has 1 aliphatic heterocycles. The van der Waals surface area contributed by atoms with Crippen molar-refractivity contribution in [3.63, 3.8) is 0 Å². The number of benzene rings is 2. The molecular weight excluding hydrogens is 332 g/mol. The van der Waals surface area contributed by atoms with Gasteiger partial charge in [-0.05, 0) is 36.8 Å². The van der Waals surface area contributed by atoms with Crippen LogP contribution in [0.3, 0.4) is 0 Å². The molecule has 2 N–H and O–H groups in total. The number of anilines is 2. The first-order valence-electron chi connectivity index (χ1n) is 8.40. The summed E-state index contributed by atoms with van der Waals surface area (Å²) in [6.07, 6.45) is 1.76. The minimum absolute atomic E-state index is 0.0590. The van der Waals surface area contributed by atoms with Crippen molar-refractivity contribution in [3.8, 4) is 5.75 Å². The molecule has 0 saturated heterocycles. The Morgan fingerprint density at radius 1 is 1.19 bits per heavy atom. The first-order valence-corrected chi connectivity index (χ1v) is 8.40. The molecule has 3 aromatic rings. The number of rotatable bonds is 3. The van der Waals surface area contributed by atoms with Crippen LogP contribution in [0.5, 0.6) is 5.75 Å². The Labute approximate surface area is 149 Å². The molecule has 0 fully saturated rings. The van der Waals surface area contributed by atoms with Gasteiger partial charge >= 0.3 is 6.03 Å². The number of amides is 2. The summed E-state index contributed by atoms with van der Waals surface area (Å²) in [4.78, 5) is 29.4. The van der Waals surface area contributed by atoms with Crippen molar-refractivity contribution in [2.75, 3.05) is 17.7 Å². The number of methoxy groups -OCH3 is 1. The lowest BCUT2D eigenvalue weighted by atomic mass is 10.2. The fourth-order valence-electron chi connectivity index (χ4n) is 3.19. The highest BCUT2D eigenvalue weighted by atomic mass is 16.5. The highest BCUT2D eigenvalue weighted by molar-refractivity contribution is 6.01. The van der Waals surface area contributed by atoms with E-state index in [9.17, 15) is 9.59 Å². The van der Waals surface area contributed by atoms with Crippen LogP contribution in [0.15, 0.2) is 47.3 Å². The number of hydrogen-bond acceptors (Lipinski definition) is 4. The smallest absolute Gasteiger partial charge is 0.323 e. The average Bonchev–Trinajstić information content (AvgIpc) is 3.11. The molecule has 2 heterocycles. The minimum atomic E-state index is -0.414. The van der Waals surface area contributed by atoms with Gasteiger partial charge in [0, 0.05) is 18.7 Å². The van der Waals surface area contributed by atoms with Crippen molar-refractivity contribution in [2.45, 2.75) is 19.4 Å². The zero-order chi connectivity index (χ0) is 18.1. The number of aromatic nitrogens is 2. The molecule has 0 spiro atoms. The number of aryl methyl sites for hydroxylation is 1. The Morgan fingerprint density at radius 2 is 2.04 bits per heavy atom. The molecule has 7 heteroatoms. The molecule has 0 unspecified atom stereocenters. The van der Waals surface area contributed by atoms with E-state index in [1.165, 1.54) is 0 Å². The third-order valence-electron chi connectivity index (χ3n) is 4.43. The molecule has 2 amide bonds. The van der Waals surface area contributed by atoms with Crippen LogP contribution in [0.2, 0.25) is 0 Å². The molecule has 1 aliphatic rings. The first-order chi connectivity index (χ1) is 12.7. The Kier molecular flexibility index (Phi) is 4.04. The van der Waals surface area contributed by atoms with E-state index in [1.807, 2.05) is 6.07 Å². The molecule has 0 radical (unpaired) electrons.